The van der Waals surface area contributed by atoms with Gasteiger partial charge in [-0.25, -0.2) is 0 Å². The first-order valence-corrected chi connectivity index (χ1v) is 9.15. The first-order chi connectivity index (χ1) is 11.5. The highest BCUT2D eigenvalue weighted by molar-refractivity contribution is 6.32. The predicted molar refractivity (Wildman–Crippen MR) is 94.5 cm³/mol. The highest BCUT2D eigenvalue weighted by Gasteiger charge is 2.54. The zero-order chi connectivity index (χ0) is 16.5. The van der Waals surface area contributed by atoms with E-state index in [1.54, 1.807) is 12.3 Å². The van der Waals surface area contributed by atoms with Gasteiger partial charge in [0.15, 0.2) is 0 Å². The first-order valence-electron chi connectivity index (χ1n) is 8.77. The molecule has 4 fully saturated rings. The smallest absolute Gasteiger partial charge is 0.255 e. The van der Waals surface area contributed by atoms with E-state index in [4.69, 9.17) is 22.1 Å². The molecule has 0 amide bonds. The van der Waals surface area contributed by atoms with Gasteiger partial charge < -0.3 is 15.5 Å². The van der Waals surface area contributed by atoms with Crippen molar-refractivity contribution in [3.8, 4) is 5.75 Å². The number of fused-ring (bicyclic) bond motifs is 1. The van der Waals surface area contributed by atoms with Gasteiger partial charge >= 0.3 is 0 Å². The zero-order valence-corrected chi connectivity index (χ0v) is 14.2. The lowest BCUT2D eigenvalue weighted by Crippen LogP contribution is -2.62. The lowest BCUT2D eigenvalue weighted by molar-refractivity contribution is -0.0894. The van der Waals surface area contributed by atoms with Crippen LogP contribution in [0.25, 0.3) is 10.8 Å². The van der Waals surface area contributed by atoms with Gasteiger partial charge in [0.2, 0.25) is 0 Å². The summed E-state index contributed by atoms with van der Waals surface area (Å²) in [6.07, 6.45) is 7.63. The van der Waals surface area contributed by atoms with E-state index in [2.05, 4.69) is 4.98 Å². The van der Waals surface area contributed by atoms with Crippen LogP contribution in [0.4, 0.5) is 0 Å². The minimum Gasteiger partial charge on any atom is -0.488 e. The van der Waals surface area contributed by atoms with Crippen LogP contribution in [0.5, 0.6) is 5.75 Å². The van der Waals surface area contributed by atoms with E-state index in [9.17, 15) is 4.79 Å². The number of rotatable bonds is 2. The Hall–Kier alpha value is -1.52. The van der Waals surface area contributed by atoms with Crippen LogP contribution >= 0.6 is 11.6 Å². The van der Waals surface area contributed by atoms with E-state index in [0.717, 1.165) is 24.1 Å². The number of benzene rings is 1. The highest BCUT2D eigenvalue weighted by atomic mass is 35.5. The maximum Gasteiger partial charge on any atom is 0.255 e. The van der Waals surface area contributed by atoms with Crippen molar-refractivity contribution in [2.24, 2.45) is 23.5 Å². The summed E-state index contributed by atoms with van der Waals surface area (Å²) in [7, 11) is 0. The molecule has 0 radical (unpaired) electrons. The Morgan fingerprint density at radius 2 is 1.96 bits per heavy atom. The number of nitrogens with one attached hydrogen (secondary N) is 1. The van der Waals surface area contributed by atoms with Crippen molar-refractivity contribution in [3.05, 3.63) is 39.8 Å². The van der Waals surface area contributed by atoms with Crippen molar-refractivity contribution in [2.75, 3.05) is 0 Å². The van der Waals surface area contributed by atoms with Gasteiger partial charge in [0, 0.05) is 17.1 Å². The predicted octanol–water partition coefficient (Wildman–Crippen LogP) is 3.47. The average Bonchev–Trinajstić information content (AvgIpc) is 2.51. The molecule has 4 nitrogen and oxygen atoms in total. The number of nitrogens with two attached hydrogens (primary N) is 1. The molecule has 0 spiro atoms. The summed E-state index contributed by atoms with van der Waals surface area (Å²) < 4.78 is 6.42. The van der Waals surface area contributed by atoms with Crippen LogP contribution in [0.15, 0.2) is 29.2 Å². The lowest BCUT2D eigenvalue weighted by Gasteiger charge is -2.58. The molecule has 0 unspecified atom stereocenters. The second kappa shape index (κ2) is 4.99. The number of aromatic nitrogens is 1. The topological polar surface area (TPSA) is 68.1 Å². The van der Waals surface area contributed by atoms with Crippen LogP contribution < -0.4 is 16.0 Å². The molecule has 5 heteroatoms. The molecule has 4 bridgehead atoms. The van der Waals surface area contributed by atoms with Gasteiger partial charge in [-0.15, -0.1) is 0 Å². The summed E-state index contributed by atoms with van der Waals surface area (Å²) in [4.78, 5) is 14.6. The molecule has 4 aliphatic carbocycles. The van der Waals surface area contributed by atoms with Crippen molar-refractivity contribution >= 4 is 22.4 Å². The molecule has 4 aliphatic rings. The van der Waals surface area contributed by atoms with Crippen molar-refractivity contribution in [1.82, 2.24) is 4.98 Å². The molecule has 1 heterocycles. The van der Waals surface area contributed by atoms with Gasteiger partial charge in [0.1, 0.15) is 11.9 Å². The van der Waals surface area contributed by atoms with Crippen LogP contribution in [0.2, 0.25) is 5.02 Å². The summed E-state index contributed by atoms with van der Waals surface area (Å²) in [5.74, 6) is 2.54. The molecule has 1 aromatic carbocycles. The second-order valence-corrected chi connectivity index (χ2v) is 8.50. The minimum absolute atomic E-state index is 0.0385. The van der Waals surface area contributed by atoms with E-state index >= 15 is 0 Å². The van der Waals surface area contributed by atoms with Crippen LogP contribution in [0.3, 0.4) is 0 Å². The number of aromatic amines is 1. The zero-order valence-electron chi connectivity index (χ0n) is 13.4. The van der Waals surface area contributed by atoms with Gasteiger partial charge in [0.05, 0.1) is 5.02 Å². The minimum atomic E-state index is -0.124. The van der Waals surface area contributed by atoms with Gasteiger partial charge in [-0.2, -0.15) is 0 Å². The first kappa shape index (κ1) is 14.8. The molecule has 4 saturated carbocycles. The third-order valence-electron chi connectivity index (χ3n) is 6.32. The standard InChI is InChI=1S/C19H21ClN2O2/c20-15-6-14-11(1-2-22-18(14)23)5-16(15)24-17-12-3-10-4-13(17)9-19(21,7-10)8-12/h1-2,5-6,10,12-13,17H,3-4,7-9,21H2,(H,22,23)/t10?,12-,13-,17?,19?/m0/s1. The van der Waals surface area contributed by atoms with E-state index in [1.807, 2.05) is 12.1 Å². The SMILES string of the molecule is NC12CC3C[C@@H](C1)C(Oc1cc4cc[nH]c(=O)c4cc1Cl)[C@@H](C3)C2. The van der Waals surface area contributed by atoms with Crippen LogP contribution in [0, 0.1) is 17.8 Å². The molecular weight excluding hydrogens is 324 g/mol. The van der Waals surface area contributed by atoms with E-state index in [0.29, 0.717) is 28.0 Å². The van der Waals surface area contributed by atoms with Crippen molar-refractivity contribution < 1.29 is 4.74 Å². The number of ether oxygens (including phenoxy) is 1. The molecule has 6 rings (SSSR count). The third kappa shape index (κ3) is 2.20. The number of H-pyrrole nitrogens is 1. The van der Waals surface area contributed by atoms with E-state index in [-0.39, 0.29) is 17.2 Å². The Bertz CT molecular complexity index is 861. The Balaban J connectivity index is 1.49. The van der Waals surface area contributed by atoms with Crippen LogP contribution in [-0.4, -0.2) is 16.6 Å². The summed E-state index contributed by atoms with van der Waals surface area (Å²) in [6.45, 7) is 0. The molecule has 24 heavy (non-hydrogen) atoms. The Labute approximate surface area is 145 Å². The Morgan fingerprint density at radius 1 is 1.21 bits per heavy atom. The average molecular weight is 345 g/mol. The Kier molecular flexibility index (Phi) is 3.08. The summed E-state index contributed by atoms with van der Waals surface area (Å²) in [6, 6.07) is 5.49. The maximum atomic E-state index is 11.9. The van der Waals surface area contributed by atoms with E-state index in [1.165, 1.54) is 19.3 Å². The molecule has 3 N–H and O–H groups in total. The normalized spacial score (nSPS) is 37.1. The summed E-state index contributed by atoms with van der Waals surface area (Å²) in [5.41, 5.74) is 6.49. The fourth-order valence-corrected chi connectivity index (χ4v) is 5.87. The summed E-state index contributed by atoms with van der Waals surface area (Å²) in [5, 5.41) is 1.97. The van der Waals surface area contributed by atoms with Crippen molar-refractivity contribution in [1.29, 1.82) is 0 Å². The molecule has 0 saturated heterocycles. The van der Waals surface area contributed by atoms with Gasteiger partial charge in [-0.1, -0.05) is 11.6 Å². The highest BCUT2D eigenvalue weighted by Crippen LogP contribution is 2.55. The quantitative estimate of drug-likeness (QED) is 0.876. The van der Waals surface area contributed by atoms with Crippen molar-refractivity contribution in [3.63, 3.8) is 0 Å². The van der Waals surface area contributed by atoms with Crippen molar-refractivity contribution in [2.45, 2.75) is 43.7 Å². The maximum absolute atomic E-state index is 11.9. The number of hydrogen-bond donors (Lipinski definition) is 2. The monoisotopic (exact) mass is 344 g/mol. The Morgan fingerprint density at radius 3 is 2.67 bits per heavy atom. The summed E-state index contributed by atoms with van der Waals surface area (Å²) >= 11 is 6.41. The molecule has 0 aliphatic heterocycles. The number of halogens is 1. The number of pyridine rings is 1. The van der Waals surface area contributed by atoms with Gasteiger partial charge in [-0.05, 0) is 73.4 Å². The van der Waals surface area contributed by atoms with Crippen LogP contribution in [0.1, 0.15) is 32.1 Å². The molecular formula is C19H21ClN2O2. The number of hydrogen-bond acceptors (Lipinski definition) is 3. The fourth-order valence-electron chi connectivity index (χ4n) is 5.66. The van der Waals surface area contributed by atoms with Gasteiger partial charge in [-0.3, -0.25) is 4.79 Å². The lowest BCUT2D eigenvalue weighted by atomic mass is 9.52. The molecule has 2 atom stereocenters. The second-order valence-electron chi connectivity index (χ2n) is 8.09. The third-order valence-corrected chi connectivity index (χ3v) is 6.62. The molecule has 1 aromatic heterocycles. The van der Waals surface area contributed by atoms with Gasteiger partial charge in [0.25, 0.3) is 5.56 Å². The molecule has 126 valence electrons. The van der Waals surface area contributed by atoms with Crippen LogP contribution in [-0.2, 0) is 0 Å². The largest absolute Gasteiger partial charge is 0.488 e. The fraction of sp³-hybridized carbons (Fsp3) is 0.526. The van der Waals surface area contributed by atoms with E-state index < -0.39 is 0 Å². The molecule has 2 aromatic rings.